The van der Waals surface area contributed by atoms with E-state index in [1.807, 2.05) is 0 Å². The molecule has 1 saturated heterocycles. The summed E-state index contributed by atoms with van der Waals surface area (Å²) in [5.41, 5.74) is 0.601. The minimum Gasteiger partial charge on any atom is -0.496 e. The number of nitrogens with one attached hydrogen (secondary N) is 1. The van der Waals surface area contributed by atoms with Crippen LogP contribution in [0.25, 0.3) is 0 Å². The van der Waals surface area contributed by atoms with E-state index in [4.69, 9.17) is 9.84 Å². The normalized spacial score (nSPS) is 18.9. The number of carbonyl (C=O) groups is 1. The largest absolute Gasteiger partial charge is 0.496 e. The zero-order chi connectivity index (χ0) is 13.1. The first-order chi connectivity index (χ1) is 8.67. The summed E-state index contributed by atoms with van der Waals surface area (Å²) < 4.78 is 18.5. The van der Waals surface area contributed by atoms with Gasteiger partial charge in [0.2, 0.25) is 0 Å². The Balaban J connectivity index is 2.35. The molecule has 6 heteroatoms. The summed E-state index contributed by atoms with van der Waals surface area (Å²) in [6.07, 6.45) is 0. The van der Waals surface area contributed by atoms with Crippen LogP contribution in [-0.2, 0) is 0 Å². The Bertz CT molecular complexity index is 453. The Morgan fingerprint density at radius 1 is 1.61 bits per heavy atom. The monoisotopic (exact) mass is 254 g/mol. The van der Waals surface area contributed by atoms with Crippen molar-refractivity contribution in [3.8, 4) is 5.75 Å². The number of ether oxygens (including phenoxy) is 1. The molecule has 1 atom stereocenters. The van der Waals surface area contributed by atoms with Crippen molar-refractivity contribution in [3.05, 3.63) is 29.6 Å². The molecule has 18 heavy (non-hydrogen) atoms. The lowest BCUT2D eigenvalue weighted by molar-refractivity contribution is 0.178. The molecular formula is C12H15FN2O3. The van der Waals surface area contributed by atoms with Gasteiger partial charge in [-0.05, 0) is 18.2 Å². The molecule has 1 unspecified atom stereocenters. The van der Waals surface area contributed by atoms with Crippen LogP contribution in [0.2, 0.25) is 0 Å². The molecule has 0 saturated carbocycles. The molecule has 1 aliphatic rings. The van der Waals surface area contributed by atoms with E-state index in [1.165, 1.54) is 30.2 Å². The summed E-state index contributed by atoms with van der Waals surface area (Å²) in [5.74, 6) is 0.148. The highest BCUT2D eigenvalue weighted by Crippen LogP contribution is 2.32. The predicted octanol–water partition coefficient (Wildman–Crippen LogP) is 0.893. The molecule has 1 aromatic carbocycles. The Morgan fingerprint density at radius 3 is 3.06 bits per heavy atom. The lowest BCUT2D eigenvalue weighted by Crippen LogP contribution is -2.32. The van der Waals surface area contributed by atoms with Crippen LogP contribution < -0.4 is 10.1 Å². The number of amides is 2. The van der Waals surface area contributed by atoms with Gasteiger partial charge in [0, 0.05) is 18.7 Å². The van der Waals surface area contributed by atoms with Gasteiger partial charge in [-0.15, -0.1) is 0 Å². The molecule has 2 N–H and O–H groups in total. The standard InChI is InChI=1S/C12H15FN2O3/c1-18-11-3-2-8(13)6-9(11)10-7-14-12(17)15(10)4-5-16/h2-3,6,10,16H,4-5,7H2,1H3,(H,14,17). The first kappa shape index (κ1) is 12.6. The topological polar surface area (TPSA) is 61.8 Å². The van der Waals surface area contributed by atoms with Gasteiger partial charge < -0.3 is 20.1 Å². The van der Waals surface area contributed by atoms with E-state index < -0.39 is 0 Å². The Labute approximate surface area is 104 Å². The van der Waals surface area contributed by atoms with Crippen molar-refractivity contribution in [2.45, 2.75) is 6.04 Å². The van der Waals surface area contributed by atoms with Crippen LogP contribution in [0.15, 0.2) is 18.2 Å². The van der Waals surface area contributed by atoms with Gasteiger partial charge in [-0.1, -0.05) is 0 Å². The summed E-state index contributed by atoms with van der Waals surface area (Å²) in [7, 11) is 1.50. The second-order valence-corrected chi connectivity index (χ2v) is 4.01. The van der Waals surface area contributed by atoms with Crippen molar-refractivity contribution in [1.29, 1.82) is 0 Å². The van der Waals surface area contributed by atoms with Crippen LogP contribution in [0, 0.1) is 5.82 Å². The minimum absolute atomic E-state index is 0.137. The van der Waals surface area contributed by atoms with Crippen LogP contribution in [0.1, 0.15) is 11.6 Å². The van der Waals surface area contributed by atoms with E-state index >= 15 is 0 Å². The third-order valence-electron chi connectivity index (χ3n) is 2.98. The zero-order valence-electron chi connectivity index (χ0n) is 10.0. The van der Waals surface area contributed by atoms with Crippen LogP contribution in [0.3, 0.4) is 0 Å². The third-order valence-corrected chi connectivity index (χ3v) is 2.98. The number of hydrogen-bond donors (Lipinski definition) is 2. The lowest BCUT2D eigenvalue weighted by atomic mass is 10.1. The molecule has 98 valence electrons. The quantitative estimate of drug-likeness (QED) is 0.839. The van der Waals surface area contributed by atoms with Gasteiger partial charge in [-0.3, -0.25) is 0 Å². The molecule has 0 radical (unpaired) electrons. The van der Waals surface area contributed by atoms with Gasteiger partial charge in [0.15, 0.2) is 0 Å². The molecule has 0 bridgehead atoms. The lowest BCUT2D eigenvalue weighted by Gasteiger charge is -2.23. The number of halogens is 1. The molecule has 0 spiro atoms. The summed E-state index contributed by atoms with van der Waals surface area (Å²) in [6.45, 7) is 0.441. The first-order valence-corrected chi connectivity index (χ1v) is 5.66. The van der Waals surface area contributed by atoms with Crippen LogP contribution in [-0.4, -0.2) is 42.8 Å². The van der Waals surface area contributed by atoms with Crippen molar-refractivity contribution in [3.63, 3.8) is 0 Å². The highest BCUT2D eigenvalue weighted by Gasteiger charge is 2.33. The summed E-state index contributed by atoms with van der Waals surface area (Å²) in [6, 6.07) is 3.61. The van der Waals surface area contributed by atoms with Crippen molar-refractivity contribution < 1.29 is 19.0 Å². The van der Waals surface area contributed by atoms with Crippen molar-refractivity contribution >= 4 is 6.03 Å². The molecule has 5 nitrogen and oxygen atoms in total. The van der Waals surface area contributed by atoms with Crippen LogP contribution in [0.5, 0.6) is 5.75 Å². The van der Waals surface area contributed by atoms with Crippen LogP contribution in [0.4, 0.5) is 9.18 Å². The molecule has 0 aliphatic carbocycles. The molecule has 1 heterocycles. The van der Waals surface area contributed by atoms with Crippen molar-refractivity contribution in [2.24, 2.45) is 0 Å². The maximum atomic E-state index is 13.3. The van der Waals surface area contributed by atoms with E-state index in [2.05, 4.69) is 5.32 Å². The summed E-state index contributed by atoms with van der Waals surface area (Å²) >= 11 is 0. The molecule has 2 rings (SSSR count). The fraction of sp³-hybridized carbons (Fsp3) is 0.417. The summed E-state index contributed by atoms with van der Waals surface area (Å²) in [4.78, 5) is 13.1. The molecule has 1 aromatic rings. The third kappa shape index (κ3) is 2.24. The van der Waals surface area contributed by atoms with E-state index in [-0.39, 0.29) is 31.0 Å². The maximum Gasteiger partial charge on any atom is 0.318 e. The number of urea groups is 1. The zero-order valence-corrected chi connectivity index (χ0v) is 10.0. The number of benzene rings is 1. The molecule has 1 aliphatic heterocycles. The summed E-state index contributed by atoms with van der Waals surface area (Å²) in [5, 5.41) is 11.6. The second-order valence-electron chi connectivity index (χ2n) is 4.01. The van der Waals surface area contributed by atoms with Crippen LogP contribution >= 0.6 is 0 Å². The van der Waals surface area contributed by atoms with Gasteiger partial charge in [0.25, 0.3) is 0 Å². The van der Waals surface area contributed by atoms with Crippen molar-refractivity contribution in [2.75, 3.05) is 26.8 Å². The predicted molar refractivity (Wildman–Crippen MR) is 62.9 cm³/mol. The highest BCUT2D eigenvalue weighted by molar-refractivity contribution is 5.77. The van der Waals surface area contributed by atoms with Gasteiger partial charge in [0.05, 0.1) is 19.8 Å². The number of nitrogens with zero attached hydrogens (tertiary/aromatic N) is 1. The Morgan fingerprint density at radius 2 is 2.39 bits per heavy atom. The number of hydrogen-bond acceptors (Lipinski definition) is 3. The number of aliphatic hydroxyl groups excluding tert-OH is 1. The average Bonchev–Trinajstić information content (AvgIpc) is 2.72. The molecular weight excluding hydrogens is 239 g/mol. The van der Waals surface area contributed by atoms with Crippen molar-refractivity contribution in [1.82, 2.24) is 10.2 Å². The van der Waals surface area contributed by atoms with E-state index in [1.54, 1.807) is 0 Å². The number of β-amino-alcohol motifs (C(OH)–C–C–N with tert-alkyl or cyclic N) is 1. The number of aliphatic hydroxyl groups is 1. The number of rotatable bonds is 4. The Hall–Kier alpha value is -1.82. The van der Waals surface area contributed by atoms with Gasteiger partial charge >= 0.3 is 6.03 Å². The van der Waals surface area contributed by atoms with Gasteiger partial charge in [-0.25, -0.2) is 9.18 Å². The smallest absolute Gasteiger partial charge is 0.318 e. The minimum atomic E-state index is -0.380. The molecule has 0 aromatic heterocycles. The Kier molecular flexibility index (Phi) is 3.66. The number of methoxy groups -OCH3 is 1. The van der Waals surface area contributed by atoms with Gasteiger partial charge in [0.1, 0.15) is 11.6 Å². The number of carbonyl (C=O) groups excluding carboxylic acids is 1. The van der Waals surface area contributed by atoms with E-state index in [0.29, 0.717) is 17.9 Å². The molecule has 1 fully saturated rings. The fourth-order valence-electron chi connectivity index (χ4n) is 2.15. The highest BCUT2D eigenvalue weighted by atomic mass is 19.1. The van der Waals surface area contributed by atoms with Gasteiger partial charge in [-0.2, -0.15) is 0 Å². The maximum absolute atomic E-state index is 13.3. The second kappa shape index (κ2) is 5.22. The fourth-order valence-corrected chi connectivity index (χ4v) is 2.15. The average molecular weight is 254 g/mol. The molecule has 2 amide bonds. The van der Waals surface area contributed by atoms with E-state index in [0.717, 1.165) is 0 Å². The van der Waals surface area contributed by atoms with E-state index in [9.17, 15) is 9.18 Å². The SMILES string of the molecule is COc1ccc(F)cc1C1CNC(=O)N1CCO. The first-order valence-electron chi connectivity index (χ1n) is 5.66.